The number of hydrogen-bond donors (Lipinski definition) is 1. The number of methoxy groups -OCH3 is 2. The van der Waals surface area contributed by atoms with E-state index in [9.17, 15) is 17.2 Å². The van der Waals surface area contributed by atoms with Crippen molar-refractivity contribution in [2.45, 2.75) is 11.3 Å². The number of benzene rings is 3. The third-order valence-electron chi connectivity index (χ3n) is 5.19. The Balaban J connectivity index is 1.62. The molecule has 1 aromatic heterocycles. The zero-order valence-electron chi connectivity index (χ0n) is 18.1. The molecule has 1 heterocycles. The van der Waals surface area contributed by atoms with E-state index >= 15 is 0 Å². The third-order valence-corrected chi connectivity index (χ3v) is 6.83. The normalized spacial score (nSPS) is 11.4. The molecule has 0 spiro atoms. The minimum Gasteiger partial charge on any atom is -0.493 e. The monoisotopic (exact) mass is 504 g/mol. The van der Waals surface area contributed by atoms with Crippen LogP contribution in [0.2, 0.25) is 5.02 Å². The maximum absolute atomic E-state index is 14.8. The van der Waals surface area contributed by atoms with Gasteiger partial charge in [0.05, 0.1) is 25.4 Å². The van der Waals surface area contributed by atoms with Crippen molar-refractivity contribution in [3.8, 4) is 11.5 Å². The first-order valence-electron chi connectivity index (χ1n) is 9.97. The van der Waals surface area contributed by atoms with Gasteiger partial charge in [-0.1, -0.05) is 17.7 Å². The van der Waals surface area contributed by atoms with E-state index < -0.39 is 26.6 Å². The summed E-state index contributed by atoms with van der Waals surface area (Å²) in [6.45, 7) is 0. The van der Waals surface area contributed by atoms with E-state index in [0.717, 1.165) is 23.1 Å². The van der Waals surface area contributed by atoms with Crippen LogP contribution in [0, 0.1) is 11.6 Å². The Bertz CT molecular complexity index is 1500. The number of aromatic nitrogens is 1. The number of pyridine rings is 1. The van der Waals surface area contributed by atoms with Gasteiger partial charge < -0.3 is 9.47 Å². The lowest BCUT2D eigenvalue weighted by atomic mass is 10.0. The molecule has 0 aliphatic rings. The molecule has 0 amide bonds. The molecule has 1 N–H and O–H groups in total. The van der Waals surface area contributed by atoms with Crippen LogP contribution in [-0.2, 0) is 16.4 Å². The van der Waals surface area contributed by atoms with Crippen molar-refractivity contribution >= 4 is 38.2 Å². The maximum Gasteiger partial charge on any atom is 0.264 e. The zero-order chi connectivity index (χ0) is 24.5. The topological polar surface area (TPSA) is 77.5 Å². The molecule has 0 saturated carbocycles. The van der Waals surface area contributed by atoms with Crippen LogP contribution in [-0.4, -0.2) is 27.6 Å². The fourth-order valence-corrected chi connectivity index (χ4v) is 4.83. The number of fused-ring (bicyclic) bond motifs is 1. The van der Waals surface area contributed by atoms with Gasteiger partial charge in [-0.15, -0.1) is 0 Å². The molecule has 34 heavy (non-hydrogen) atoms. The molecule has 4 rings (SSSR count). The highest BCUT2D eigenvalue weighted by Crippen LogP contribution is 2.33. The largest absolute Gasteiger partial charge is 0.493 e. The fraction of sp³-hybridized carbons (Fsp3) is 0.125. The number of nitrogens with one attached hydrogen (secondary N) is 1. The number of ether oxygens (including phenoxy) is 2. The first-order valence-corrected chi connectivity index (χ1v) is 11.8. The van der Waals surface area contributed by atoms with Crippen LogP contribution in [0.25, 0.3) is 10.9 Å². The van der Waals surface area contributed by atoms with Gasteiger partial charge in [0.25, 0.3) is 10.0 Å². The molecule has 4 aromatic rings. The highest BCUT2D eigenvalue weighted by atomic mass is 35.5. The number of sulfonamides is 1. The average molecular weight is 505 g/mol. The van der Waals surface area contributed by atoms with E-state index in [1.807, 2.05) is 6.07 Å². The van der Waals surface area contributed by atoms with E-state index in [0.29, 0.717) is 29.0 Å². The highest BCUT2D eigenvalue weighted by Gasteiger charge is 2.21. The van der Waals surface area contributed by atoms with Gasteiger partial charge in [0.2, 0.25) is 0 Å². The summed E-state index contributed by atoms with van der Waals surface area (Å²) >= 11 is 5.67. The zero-order valence-corrected chi connectivity index (χ0v) is 19.7. The smallest absolute Gasteiger partial charge is 0.264 e. The molecule has 6 nitrogen and oxygen atoms in total. The quantitative estimate of drug-likeness (QED) is 0.356. The van der Waals surface area contributed by atoms with Gasteiger partial charge in [0.1, 0.15) is 16.5 Å². The summed E-state index contributed by atoms with van der Waals surface area (Å²) in [7, 11) is -1.29. The minimum absolute atomic E-state index is 0.0479. The fourth-order valence-electron chi connectivity index (χ4n) is 3.55. The predicted molar refractivity (Wildman–Crippen MR) is 126 cm³/mol. The van der Waals surface area contributed by atoms with Crippen LogP contribution in [0.5, 0.6) is 11.5 Å². The van der Waals surface area contributed by atoms with Crippen LogP contribution in [0.4, 0.5) is 14.5 Å². The molecule has 0 saturated heterocycles. The van der Waals surface area contributed by atoms with E-state index in [-0.39, 0.29) is 10.7 Å². The first kappa shape index (κ1) is 23.7. The van der Waals surface area contributed by atoms with Gasteiger partial charge >= 0.3 is 0 Å². The lowest BCUT2D eigenvalue weighted by Gasteiger charge is -2.13. The SMILES string of the molecule is COc1cc2nccc(Cc3ccc(NS(=O)(=O)c4ccc(Cl)cc4F)c(F)c3)c2cc1OC. The maximum atomic E-state index is 14.8. The Kier molecular flexibility index (Phi) is 6.58. The van der Waals surface area contributed by atoms with Crippen LogP contribution < -0.4 is 14.2 Å². The lowest BCUT2D eigenvalue weighted by Crippen LogP contribution is -2.15. The summed E-state index contributed by atoms with van der Waals surface area (Å²) in [4.78, 5) is 3.72. The molecule has 3 aromatic carbocycles. The van der Waals surface area contributed by atoms with Crippen molar-refractivity contribution in [2.24, 2.45) is 0 Å². The average Bonchev–Trinajstić information content (AvgIpc) is 2.79. The Hall–Kier alpha value is -3.43. The molecule has 10 heteroatoms. The third kappa shape index (κ3) is 4.76. The Labute approximate surface area is 200 Å². The number of rotatable bonds is 7. The Morgan fingerprint density at radius 3 is 2.35 bits per heavy atom. The van der Waals surface area contributed by atoms with Gasteiger partial charge in [-0.05, 0) is 60.0 Å². The van der Waals surface area contributed by atoms with Crippen molar-refractivity contribution < 1.29 is 26.7 Å². The van der Waals surface area contributed by atoms with Crippen molar-refractivity contribution in [2.75, 3.05) is 18.9 Å². The predicted octanol–water partition coefficient (Wildman–Crippen LogP) is 5.58. The summed E-state index contributed by atoms with van der Waals surface area (Å²) in [6.07, 6.45) is 1.99. The van der Waals surface area contributed by atoms with Crippen LogP contribution in [0.15, 0.2) is 65.7 Å². The Morgan fingerprint density at radius 1 is 0.941 bits per heavy atom. The number of nitrogens with zero attached hydrogens (tertiary/aromatic N) is 1. The van der Waals surface area contributed by atoms with Gasteiger partial charge in [0, 0.05) is 22.7 Å². The van der Waals surface area contributed by atoms with Gasteiger partial charge in [-0.25, -0.2) is 17.2 Å². The lowest BCUT2D eigenvalue weighted by molar-refractivity contribution is 0.356. The summed E-state index contributed by atoms with van der Waals surface area (Å²) in [5, 5.41) is 0.857. The van der Waals surface area contributed by atoms with Crippen LogP contribution in [0.3, 0.4) is 0 Å². The number of anilines is 1. The minimum atomic E-state index is -4.36. The van der Waals surface area contributed by atoms with Crippen LogP contribution >= 0.6 is 11.6 Å². The first-order chi connectivity index (χ1) is 16.2. The van der Waals surface area contributed by atoms with Gasteiger partial charge in [-0.2, -0.15) is 0 Å². The summed E-state index contributed by atoms with van der Waals surface area (Å²) in [5.74, 6) is -0.754. The molecular formula is C24H19ClF2N2O4S. The Morgan fingerprint density at radius 2 is 1.68 bits per heavy atom. The molecular weight excluding hydrogens is 486 g/mol. The van der Waals surface area contributed by atoms with Crippen molar-refractivity contribution in [3.63, 3.8) is 0 Å². The van der Waals surface area contributed by atoms with E-state index in [4.69, 9.17) is 21.1 Å². The summed E-state index contributed by atoms with van der Waals surface area (Å²) < 4.78 is 66.7. The molecule has 0 atom stereocenters. The second-order valence-electron chi connectivity index (χ2n) is 7.37. The highest BCUT2D eigenvalue weighted by molar-refractivity contribution is 7.92. The van der Waals surface area contributed by atoms with Crippen molar-refractivity contribution in [1.82, 2.24) is 4.98 Å². The van der Waals surface area contributed by atoms with E-state index in [1.165, 1.54) is 32.4 Å². The van der Waals surface area contributed by atoms with Crippen LogP contribution in [0.1, 0.15) is 11.1 Å². The molecule has 176 valence electrons. The second kappa shape index (κ2) is 9.44. The van der Waals surface area contributed by atoms with E-state index in [2.05, 4.69) is 9.71 Å². The standard InChI is InChI=1S/C24H19ClF2N2O4S/c1-32-22-12-17-15(7-8-28-21(17)13-23(22)33-2)9-14-3-5-20(18(26)10-14)29-34(30,31)24-6-4-16(25)11-19(24)27/h3-8,10-13,29H,9H2,1-2H3. The van der Waals surface area contributed by atoms with E-state index in [1.54, 1.807) is 24.4 Å². The number of halogens is 3. The van der Waals surface area contributed by atoms with Crippen molar-refractivity contribution in [3.05, 3.63) is 88.6 Å². The molecule has 0 radical (unpaired) electrons. The summed E-state index contributed by atoms with van der Waals surface area (Å²) in [6, 6.07) is 12.6. The second-order valence-corrected chi connectivity index (χ2v) is 9.45. The molecule has 0 aliphatic carbocycles. The van der Waals surface area contributed by atoms with Crippen molar-refractivity contribution in [1.29, 1.82) is 0 Å². The van der Waals surface area contributed by atoms with Gasteiger partial charge in [0.15, 0.2) is 11.5 Å². The molecule has 0 fully saturated rings. The number of hydrogen-bond acceptors (Lipinski definition) is 5. The summed E-state index contributed by atoms with van der Waals surface area (Å²) in [5.41, 5.74) is 1.84. The molecule has 0 bridgehead atoms. The molecule has 0 aliphatic heterocycles. The van der Waals surface area contributed by atoms with Gasteiger partial charge in [-0.3, -0.25) is 9.71 Å². The molecule has 0 unspecified atom stereocenters.